The average molecular weight is 500 g/mol. The zero-order valence-electron chi connectivity index (χ0n) is 15.0. The topological polar surface area (TPSA) is 91.1 Å². The molecular weight excluding hydrogens is 484 g/mol. The normalized spacial score (nSPS) is 15.7. The summed E-state index contributed by atoms with van der Waals surface area (Å²) in [5.41, 5.74) is 1.33. The number of carboxylic acids is 1. The van der Waals surface area contributed by atoms with Crippen LogP contribution in [-0.2, 0) is 10.0 Å². The van der Waals surface area contributed by atoms with E-state index in [0.29, 0.717) is 42.2 Å². The van der Waals surface area contributed by atoms with Crippen LogP contribution < -0.4 is 4.90 Å². The van der Waals surface area contributed by atoms with E-state index in [1.165, 1.54) is 22.5 Å². The Hall–Kier alpha value is -2.07. The first kappa shape index (κ1) is 20.2. The number of aromatic carboxylic acids is 1. The zero-order chi connectivity index (χ0) is 20.8. The summed E-state index contributed by atoms with van der Waals surface area (Å²) in [6, 6.07) is 11.3. The van der Waals surface area contributed by atoms with Crippen LogP contribution in [0.25, 0.3) is 11.0 Å². The van der Waals surface area contributed by atoms with Crippen LogP contribution in [0, 0.1) is 0 Å². The van der Waals surface area contributed by atoms with Crippen molar-refractivity contribution in [2.45, 2.75) is 4.90 Å². The Bertz CT molecular complexity index is 1200. The van der Waals surface area contributed by atoms with Crippen LogP contribution in [0.1, 0.15) is 10.6 Å². The van der Waals surface area contributed by atoms with Crippen LogP contribution in [0.15, 0.2) is 56.2 Å². The highest BCUT2D eigenvalue weighted by molar-refractivity contribution is 9.10. The molecule has 1 fully saturated rings. The Morgan fingerprint density at radius 2 is 1.83 bits per heavy atom. The smallest absolute Gasteiger partial charge is 0.371 e. The maximum absolute atomic E-state index is 12.9. The summed E-state index contributed by atoms with van der Waals surface area (Å²) in [7, 11) is -3.61. The molecule has 0 spiro atoms. The maximum atomic E-state index is 12.9. The van der Waals surface area contributed by atoms with Gasteiger partial charge in [0.05, 0.1) is 15.1 Å². The molecule has 2 aromatic carbocycles. The SMILES string of the molecule is O=C(O)c1cc2c(Br)c(N3CCN(S(=O)(=O)c4cccc(Cl)c4)CC3)ccc2o1. The predicted molar refractivity (Wildman–Crippen MR) is 113 cm³/mol. The highest BCUT2D eigenvalue weighted by Crippen LogP contribution is 2.36. The average Bonchev–Trinajstić information content (AvgIpc) is 3.14. The van der Waals surface area contributed by atoms with Gasteiger partial charge in [0.25, 0.3) is 0 Å². The number of anilines is 1. The number of benzene rings is 2. The molecular formula is C19H16BrClN2O5S. The largest absolute Gasteiger partial charge is 0.475 e. The number of nitrogens with zero attached hydrogens (tertiary/aromatic N) is 2. The van der Waals surface area contributed by atoms with Gasteiger partial charge in [-0.1, -0.05) is 17.7 Å². The van der Waals surface area contributed by atoms with Crippen molar-refractivity contribution in [3.8, 4) is 0 Å². The summed E-state index contributed by atoms with van der Waals surface area (Å²) >= 11 is 9.48. The minimum absolute atomic E-state index is 0.129. The number of sulfonamides is 1. The third-order valence-electron chi connectivity index (χ3n) is 4.84. The van der Waals surface area contributed by atoms with E-state index in [0.717, 1.165) is 10.2 Å². The molecule has 10 heteroatoms. The van der Waals surface area contributed by atoms with Gasteiger partial charge in [-0.05, 0) is 46.3 Å². The quantitative estimate of drug-likeness (QED) is 0.582. The number of piperazine rings is 1. The van der Waals surface area contributed by atoms with Gasteiger partial charge in [0.1, 0.15) is 5.58 Å². The second-order valence-electron chi connectivity index (χ2n) is 6.57. The molecule has 0 bridgehead atoms. The monoisotopic (exact) mass is 498 g/mol. The lowest BCUT2D eigenvalue weighted by atomic mass is 10.2. The number of furan rings is 1. The van der Waals surface area contributed by atoms with Gasteiger partial charge in [-0.2, -0.15) is 4.31 Å². The van der Waals surface area contributed by atoms with E-state index >= 15 is 0 Å². The van der Waals surface area contributed by atoms with Crippen molar-refractivity contribution in [3.05, 3.63) is 57.7 Å². The van der Waals surface area contributed by atoms with E-state index in [9.17, 15) is 13.2 Å². The fourth-order valence-electron chi connectivity index (χ4n) is 3.36. The molecule has 1 saturated heterocycles. The Morgan fingerprint density at radius 3 is 2.48 bits per heavy atom. The van der Waals surface area contributed by atoms with Crippen molar-refractivity contribution in [1.82, 2.24) is 4.31 Å². The van der Waals surface area contributed by atoms with Gasteiger partial charge in [-0.25, -0.2) is 13.2 Å². The van der Waals surface area contributed by atoms with Crippen LogP contribution in [-0.4, -0.2) is 50.0 Å². The first-order chi connectivity index (χ1) is 13.8. The highest BCUT2D eigenvalue weighted by Gasteiger charge is 2.29. The molecule has 1 aliphatic heterocycles. The summed E-state index contributed by atoms with van der Waals surface area (Å²) in [6.45, 7) is 1.64. The minimum atomic E-state index is -3.61. The summed E-state index contributed by atoms with van der Waals surface area (Å²) in [4.78, 5) is 13.4. The van der Waals surface area contributed by atoms with Gasteiger partial charge in [0, 0.05) is 42.7 Å². The first-order valence-electron chi connectivity index (χ1n) is 8.73. The molecule has 0 aliphatic carbocycles. The van der Waals surface area contributed by atoms with Gasteiger partial charge < -0.3 is 14.4 Å². The van der Waals surface area contributed by atoms with Crippen LogP contribution in [0.5, 0.6) is 0 Å². The van der Waals surface area contributed by atoms with Crippen molar-refractivity contribution >= 4 is 60.2 Å². The standard InChI is InChI=1S/C19H16BrClN2O5S/c20-18-14-11-17(19(24)25)28-16(14)5-4-15(18)22-6-8-23(9-7-22)29(26,27)13-3-1-2-12(21)10-13/h1-5,10-11H,6-9H2,(H,24,25). The lowest BCUT2D eigenvalue weighted by molar-refractivity contribution is 0.0665. The third-order valence-corrected chi connectivity index (χ3v) is 7.80. The van der Waals surface area contributed by atoms with E-state index in [-0.39, 0.29) is 10.7 Å². The molecule has 1 N–H and O–H groups in total. The molecule has 29 heavy (non-hydrogen) atoms. The Kier molecular flexibility index (Phi) is 5.32. The molecule has 0 unspecified atom stereocenters. The summed E-state index contributed by atoms with van der Waals surface area (Å²) in [5, 5.41) is 10.2. The molecule has 0 saturated carbocycles. The van der Waals surface area contributed by atoms with Crippen molar-refractivity contribution in [3.63, 3.8) is 0 Å². The number of hydrogen-bond acceptors (Lipinski definition) is 5. The van der Waals surface area contributed by atoms with E-state index in [1.54, 1.807) is 18.2 Å². The summed E-state index contributed by atoms with van der Waals surface area (Å²) < 4.78 is 33.2. The summed E-state index contributed by atoms with van der Waals surface area (Å²) in [5.74, 6) is -1.26. The first-order valence-corrected chi connectivity index (χ1v) is 11.3. The molecule has 2 heterocycles. The molecule has 1 aromatic heterocycles. The Balaban J connectivity index is 1.55. The van der Waals surface area contributed by atoms with Gasteiger partial charge in [-0.15, -0.1) is 0 Å². The highest BCUT2D eigenvalue weighted by atomic mass is 79.9. The van der Waals surface area contributed by atoms with E-state index in [1.807, 2.05) is 6.07 Å². The molecule has 152 valence electrons. The van der Waals surface area contributed by atoms with Crippen molar-refractivity contribution in [1.29, 1.82) is 0 Å². The number of carbonyl (C=O) groups is 1. The van der Waals surface area contributed by atoms with Gasteiger partial charge in [0.15, 0.2) is 0 Å². The van der Waals surface area contributed by atoms with Crippen molar-refractivity contribution in [2.24, 2.45) is 0 Å². The lowest BCUT2D eigenvalue weighted by Gasteiger charge is -2.35. The number of fused-ring (bicyclic) bond motifs is 1. The van der Waals surface area contributed by atoms with Crippen LogP contribution in [0.3, 0.4) is 0 Å². The number of rotatable bonds is 4. The fourth-order valence-corrected chi connectivity index (χ4v) is 5.78. The number of carboxylic acid groups (broad SMARTS) is 1. The Morgan fingerprint density at radius 1 is 1.10 bits per heavy atom. The molecule has 0 radical (unpaired) electrons. The minimum Gasteiger partial charge on any atom is -0.475 e. The van der Waals surface area contributed by atoms with E-state index in [4.69, 9.17) is 21.1 Å². The van der Waals surface area contributed by atoms with E-state index in [2.05, 4.69) is 20.8 Å². The van der Waals surface area contributed by atoms with Gasteiger partial charge in [-0.3, -0.25) is 0 Å². The lowest BCUT2D eigenvalue weighted by Crippen LogP contribution is -2.48. The molecule has 4 rings (SSSR count). The Labute approximate surface area is 180 Å². The molecule has 0 atom stereocenters. The molecule has 3 aromatic rings. The van der Waals surface area contributed by atoms with Crippen LogP contribution >= 0.6 is 27.5 Å². The predicted octanol–water partition coefficient (Wildman–Crippen LogP) is 4.06. The second-order valence-corrected chi connectivity index (χ2v) is 9.74. The second kappa shape index (κ2) is 7.64. The summed E-state index contributed by atoms with van der Waals surface area (Å²) in [6.07, 6.45) is 0. The van der Waals surface area contributed by atoms with Crippen molar-refractivity contribution < 1.29 is 22.7 Å². The van der Waals surface area contributed by atoms with Crippen LogP contribution in [0.4, 0.5) is 5.69 Å². The maximum Gasteiger partial charge on any atom is 0.371 e. The van der Waals surface area contributed by atoms with Crippen molar-refractivity contribution in [2.75, 3.05) is 31.1 Å². The fraction of sp³-hybridized carbons (Fsp3) is 0.211. The third kappa shape index (κ3) is 3.75. The molecule has 0 amide bonds. The van der Waals surface area contributed by atoms with Crippen LogP contribution in [0.2, 0.25) is 5.02 Å². The van der Waals surface area contributed by atoms with E-state index < -0.39 is 16.0 Å². The van der Waals surface area contributed by atoms with Gasteiger partial charge >= 0.3 is 5.97 Å². The van der Waals surface area contributed by atoms with Gasteiger partial charge in [0.2, 0.25) is 15.8 Å². The molecule has 7 nitrogen and oxygen atoms in total. The number of halogens is 2. The molecule has 1 aliphatic rings. The number of hydrogen-bond donors (Lipinski definition) is 1. The zero-order valence-corrected chi connectivity index (χ0v) is 18.2.